The van der Waals surface area contributed by atoms with Crippen LogP contribution in [-0.4, -0.2) is 38.9 Å². The van der Waals surface area contributed by atoms with Crippen molar-refractivity contribution in [3.8, 4) is 0 Å². The number of hydrogen-bond donors (Lipinski definition) is 1. The number of nitrogens with one attached hydrogen (secondary N) is 1. The molecule has 1 aromatic rings. The number of nitrogens with zero attached hydrogens (tertiary/aromatic N) is 3. The molecule has 1 aliphatic heterocycles. The second kappa shape index (κ2) is 4.57. The van der Waals surface area contributed by atoms with Crippen LogP contribution in [0.5, 0.6) is 0 Å². The minimum absolute atomic E-state index is 0.0323. The van der Waals surface area contributed by atoms with E-state index in [1.165, 1.54) is 0 Å². The third kappa shape index (κ3) is 2.30. The normalized spacial score (nSPS) is 20.6. The Balaban J connectivity index is 2.12. The molecule has 92 valence electrons. The van der Waals surface area contributed by atoms with Gasteiger partial charge in [0, 0.05) is 19.4 Å². The lowest BCUT2D eigenvalue weighted by molar-refractivity contribution is -0.145. The van der Waals surface area contributed by atoms with Crippen molar-refractivity contribution in [2.75, 3.05) is 6.54 Å². The summed E-state index contributed by atoms with van der Waals surface area (Å²) in [6.45, 7) is 2.38. The van der Waals surface area contributed by atoms with Crippen molar-refractivity contribution in [1.29, 1.82) is 0 Å². The molecule has 0 aromatic carbocycles. The average molecular weight is 236 g/mol. The standard InChI is InChI=1S/C11H16N4O2/c1-3-8-11(17)15(7-10(16)13-8)6-9-12-4-5-14(9)2/h4-5,8H,3,6-7H2,1-2H3,(H,13,16). The first-order valence-electron chi connectivity index (χ1n) is 5.66. The van der Waals surface area contributed by atoms with Crippen LogP contribution in [0.2, 0.25) is 0 Å². The van der Waals surface area contributed by atoms with Crippen molar-refractivity contribution in [2.24, 2.45) is 7.05 Å². The third-order valence-corrected chi connectivity index (χ3v) is 2.94. The van der Waals surface area contributed by atoms with Gasteiger partial charge in [-0.05, 0) is 6.42 Å². The average Bonchev–Trinajstić information content (AvgIpc) is 2.69. The van der Waals surface area contributed by atoms with E-state index in [0.717, 1.165) is 5.82 Å². The van der Waals surface area contributed by atoms with Gasteiger partial charge in [0.05, 0.1) is 6.54 Å². The van der Waals surface area contributed by atoms with Gasteiger partial charge < -0.3 is 14.8 Å². The molecule has 17 heavy (non-hydrogen) atoms. The summed E-state index contributed by atoms with van der Waals surface area (Å²) < 4.78 is 1.85. The van der Waals surface area contributed by atoms with E-state index in [1.54, 1.807) is 11.1 Å². The van der Waals surface area contributed by atoms with Crippen molar-refractivity contribution >= 4 is 11.8 Å². The number of aromatic nitrogens is 2. The Kier molecular flexibility index (Phi) is 3.12. The van der Waals surface area contributed by atoms with Crippen LogP contribution < -0.4 is 5.32 Å². The van der Waals surface area contributed by atoms with Gasteiger partial charge in [-0.2, -0.15) is 0 Å². The molecule has 1 aromatic heterocycles. The van der Waals surface area contributed by atoms with E-state index in [0.29, 0.717) is 13.0 Å². The van der Waals surface area contributed by atoms with Crippen LogP contribution >= 0.6 is 0 Å². The molecule has 2 heterocycles. The zero-order valence-electron chi connectivity index (χ0n) is 10.0. The molecule has 1 saturated heterocycles. The SMILES string of the molecule is CCC1NC(=O)CN(Cc2nccn2C)C1=O. The van der Waals surface area contributed by atoms with Gasteiger partial charge in [-0.15, -0.1) is 0 Å². The minimum Gasteiger partial charge on any atom is -0.343 e. The Morgan fingerprint density at radius 2 is 2.29 bits per heavy atom. The lowest BCUT2D eigenvalue weighted by Gasteiger charge is -2.31. The summed E-state index contributed by atoms with van der Waals surface area (Å²) in [5.41, 5.74) is 0. The molecule has 1 N–H and O–H groups in total. The molecule has 0 bridgehead atoms. The van der Waals surface area contributed by atoms with Crippen LogP contribution in [0.25, 0.3) is 0 Å². The highest BCUT2D eigenvalue weighted by atomic mass is 16.2. The number of aryl methyl sites for hydroxylation is 1. The maximum atomic E-state index is 12.0. The van der Waals surface area contributed by atoms with E-state index >= 15 is 0 Å². The fourth-order valence-electron chi connectivity index (χ4n) is 1.90. The van der Waals surface area contributed by atoms with E-state index in [4.69, 9.17) is 0 Å². The number of hydrogen-bond acceptors (Lipinski definition) is 3. The van der Waals surface area contributed by atoms with Gasteiger partial charge in [-0.25, -0.2) is 4.98 Å². The Labute approximate surface area is 99.6 Å². The molecule has 6 heteroatoms. The molecule has 1 atom stereocenters. The van der Waals surface area contributed by atoms with Gasteiger partial charge in [0.15, 0.2) is 0 Å². The number of rotatable bonds is 3. The zero-order valence-corrected chi connectivity index (χ0v) is 10.0. The highest BCUT2D eigenvalue weighted by Crippen LogP contribution is 2.09. The van der Waals surface area contributed by atoms with Crippen LogP contribution in [-0.2, 0) is 23.2 Å². The van der Waals surface area contributed by atoms with Crippen LogP contribution in [0.15, 0.2) is 12.4 Å². The fraction of sp³-hybridized carbons (Fsp3) is 0.545. The summed E-state index contributed by atoms with van der Waals surface area (Å²) in [5, 5.41) is 2.68. The first kappa shape index (κ1) is 11.6. The van der Waals surface area contributed by atoms with Crippen LogP contribution in [0.1, 0.15) is 19.2 Å². The Bertz CT molecular complexity index is 440. The number of imidazole rings is 1. The van der Waals surface area contributed by atoms with Crippen molar-refractivity contribution in [3.05, 3.63) is 18.2 Å². The van der Waals surface area contributed by atoms with Crippen molar-refractivity contribution < 1.29 is 9.59 Å². The first-order chi connectivity index (χ1) is 8.11. The van der Waals surface area contributed by atoms with Crippen molar-refractivity contribution in [1.82, 2.24) is 19.8 Å². The molecule has 1 fully saturated rings. The Morgan fingerprint density at radius 1 is 1.53 bits per heavy atom. The molecule has 6 nitrogen and oxygen atoms in total. The molecule has 2 rings (SSSR count). The zero-order chi connectivity index (χ0) is 12.4. The van der Waals surface area contributed by atoms with Gasteiger partial charge >= 0.3 is 0 Å². The summed E-state index contributed by atoms with van der Waals surface area (Å²) in [4.78, 5) is 29.2. The predicted octanol–water partition coefficient (Wildman–Crippen LogP) is -0.343. The third-order valence-electron chi connectivity index (χ3n) is 2.94. The first-order valence-corrected chi connectivity index (χ1v) is 5.66. The molecule has 2 amide bonds. The summed E-state index contributed by atoms with van der Waals surface area (Å²) in [6.07, 6.45) is 4.11. The molecule has 0 aliphatic carbocycles. The van der Waals surface area contributed by atoms with Gasteiger partial charge in [-0.3, -0.25) is 9.59 Å². The molecule has 0 spiro atoms. The van der Waals surface area contributed by atoms with Crippen molar-refractivity contribution in [3.63, 3.8) is 0 Å². The number of carbonyl (C=O) groups is 2. The van der Waals surface area contributed by atoms with Crippen molar-refractivity contribution in [2.45, 2.75) is 25.9 Å². The molecule has 0 saturated carbocycles. The maximum Gasteiger partial charge on any atom is 0.246 e. The molecule has 1 unspecified atom stereocenters. The Hall–Kier alpha value is -1.85. The van der Waals surface area contributed by atoms with E-state index in [1.807, 2.05) is 24.7 Å². The van der Waals surface area contributed by atoms with Crippen LogP contribution in [0, 0.1) is 0 Å². The Morgan fingerprint density at radius 3 is 2.88 bits per heavy atom. The van der Waals surface area contributed by atoms with E-state index in [2.05, 4.69) is 10.3 Å². The highest BCUT2D eigenvalue weighted by Gasteiger charge is 2.31. The largest absolute Gasteiger partial charge is 0.343 e. The monoisotopic (exact) mass is 236 g/mol. The molecule has 1 aliphatic rings. The summed E-state index contributed by atoms with van der Waals surface area (Å²) in [6, 6.07) is -0.392. The fourth-order valence-corrected chi connectivity index (χ4v) is 1.90. The van der Waals surface area contributed by atoms with E-state index < -0.39 is 6.04 Å². The smallest absolute Gasteiger partial charge is 0.246 e. The predicted molar refractivity (Wildman–Crippen MR) is 60.8 cm³/mol. The number of piperazine rings is 1. The number of amides is 2. The summed E-state index contributed by atoms with van der Waals surface area (Å²) in [5.74, 6) is 0.642. The number of carbonyl (C=O) groups excluding carboxylic acids is 2. The molecule has 0 radical (unpaired) electrons. The molecular weight excluding hydrogens is 220 g/mol. The lowest BCUT2D eigenvalue weighted by atomic mass is 10.1. The van der Waals surface area contributed by atoms with E-state index in [9.17, 15) is 9.59 Å². The van der Waals surface area contributed by atoms with E-state index in [-0.39, 0.29) is 18.4 Å². The molecular formula is C11H16N4O2. The van der Waals surface area contributed by atoms with Gasteiger partial charge in [0.2, 0.25) is 11.8 Å². The quantitative estimate of drug-likeness (QED) is 0.780. The van der Waals surface area contributed by atoms with Crippen LogP contribution in [0.4, 0.5) is 0 Å². The second-order valence-corrected chi connectivity index (χ2v) is 4.18. The second-order valence-electron chi connectivity index (χ2n) is 4.18. The summed E-state index contributed by atoms with van der Waals surface area (Å²) in [7, 11) is 1.87. The van der Waals surface area contributed by atoms with Gasteiger partial charge in [-0.1, -0.05) is 6.92 Å². The lowest BCUT2D eigenvalue weighted by Crippen LogP contribution is -2.57. The van der Waals surface area contributed by atoms with Gasteiger partial charge in [0.1, 0.15) is 18.4 Å². The highest BCUT2D eigenvalue weighted by molar-refractivity contribution is 5.94. The minimum atomic E-state index is -0.392. The van der Waals surface area contributed by atoms with Crippen LogP contribution in [0.3, 0.4) is 0 Å². The maximum absolute atomic E-state index is 12.0. The summed E-state index contributed by atoms with van der Waals surface area (Å²) >= 11 is 0. The topological polar surface area (TPSA) is 67.2 Å². The van der Waals surface area contributed by atoms with Gasteiger partial charge in [0.25, 0.3) is 0 Å².